The number of carboxylic acid groups (broad SMARTS) is 1. The van der Waals surface area contributed by atoms with Crippen LogP contribution in [0.5, 0.6) is 0 Å². The molecular formula is C26H24FN5O2S. The number of aryl methyl sites for hydroxylation is 2. The zero-order chi connectivity index (χ0) is 24.7. The molecule has 0 fully saturated rings. The minimum atomic E-state index is -0.941. The number of aliphatic imine (C=N–C) groups is 1. The first-order valence-corrected chi connectivity index (χ1v) is 12.0. The first-order valence-electron chi connectivity index (χ1n) is 11.2. The third-order valence-corrected chi connectivity index (χ3v) is 7.37. The van der Waals surface area contributed by atoms with Crippen LogP contribution in [0.1, 0.15) is 51.2 Å². The van der Waals surface area contributed by atoms with Crippen LogP contribution >= 0.6 is 11.3 Å². The van der Waals surface area contributed by atoms with Gasteiger partial charge in [0.1, 0.15) is 22.7 Å². The first kappa shape index (κ1) is 22.9. The molecule has 1 atom stereocenters. The van der Waals surface area contributed by atoms with Gasteiger partial charge in [-0.1, -0.05) is 24.3 Å². The molecule has 0 aliphatic carbocycles. The zero-order valence-corrected chi connectivity index (χ0v) is 20.4. The standard InChI is InChI=1S/C26H24FN5O2S/c1-14-15(2)35-26-23(14)24(29-21(12-22(33)34)25-31-30-16(3)32(25)26)18-6-10-20(11-7-18)28-13-17-4-8-19(27)9-5-17/h4-11,21,28H,12-13H2,1-3H3,(H,33,34)/t21-/m0/s1. The SMILES string of the molecule is Cc1sc2c(c1C)C(c1ccc(NCc3ccc(F)cc3)cc1)=N[C@@H](CC(=O)O)c1nnc(C)n1-2. The second-order valence-electron chi connectivity index (χ2n) is 8.55. The molecule has 2 aromatic heterocycles. The Morgan fingerprint density at radius 1 is 1.09 bits per heavy atom. The fourth-order valence-electron chi connectivity index (χ4n) is 4.24. The highest BCUT2D eigenvalue weighted by atomic mass is 32.1. The summed E-state index contributed by atoms with van der Waals surface area (Å²) in [6, 6.07) is 13.7. The van der Waals surface area contributed by atoms with Gasteiger partial charge in [0.15, 0.2) is 5.82 Å². The molecule has 0 radical (unpaired) electrons. The molecule has 0 saturated heterocycles. The molecule has 0 unspecified atom stereocenters. The number of halogens is 1. The smallest absolute Gasteiger partial charge is 0.306 e. The van der Waals surface area contributed by atoms with E-state index in [-0.39, 0.29) is 12.2 Å². The van der Waals surface area contributed by atoms with Crippen molar-refractivity contribution in [2.24, 2.45) is 4.99 Å². The molecule has 9 heteroatoms. The minimum absolute atomic E-state index is 0.175. The van der Waals surface area contributed by atoms with E-state index in [1.165, 1.54) is 12.1 Å². The van der Waals surface area contributed by atoms with E-state index >= 15 is 0 Å². The minimum Gasteiger partial charge on any atom is -0.481 e. The first-order chi connectivity index (χ1) is 16.8. The summed E-state index contributed by atoms with van der Waals surface area (Å²) in [5.41, 5.74) is 5.64. The largest absolute Gasteiger partial charge is 0.481 e. The summed E-state index contributed by atoms with van der Waals surface area (Å²) >= 11 is 1.64. The zero-order valence-electron chi connectivity index (χ0n) is 19.5. The van der Waals surface area contributed by atoms with Crippen molar-refractivity contribution in [1.82, 2.24) is 14.8 Å². The number of hydrogen-bond donors (Lipinski definition) is 2. The maximum absolute atomic E-state index is 13.1. The van der Waals surface area contributed by atoms with E-state index in [1.54, 1.807) is 23.5 Å². The van der Waals surface area contributed by atoms with Crippen LogP contribution in [0.15, 0.2) is 53.5 Å². The van der Waals surface area contributed by atoms with Gasteiger partial charge in [0.2, 0.25) is 0 Å². The van der Waals surface area contributed by atoms with E-state index in [4.69, 9.17) is 4.99 Å². The van der Waals surface area contributed by atoms with Gasteiger partial charge in [-0.15, -0.1) is 21.5 Å². The molecule has 0 saturated carbocycles. The summed E-state index contributed by atoms with van der Waals surface area (Å²) in [5, 5.41) is 22.4. The van der Waals surface area contributed by atoms with E-state index in [0.717, 1.165) is 43.5 Å². The highest BCUT2D eigenvalue weighted by Gasteiger charge is 2.32. The van der Waals surface area contributed by atoms with Crippen LogP contribution < -0.4 is 5.32 Å². The van der Waals surface area contributed by atoms with Gasteiger partial charge in [-0.05, 0) is 56.2 Å². The topological polar surface area (TPSA) is 92.4 Å². The number of carbonyl (C=O) groups is 1. The molecule has 0 spiro atoms. The second kappa shape index (κ2) is 9.07. The van der Waals surface area contributed by atoms with Crippen molar-refractivity contribution in [3.05, 3.63) is 93.1 Å². The van der Waals surface area contributed by atoms with Crippen LogP contribution in [0.25, 0.3) is 5.00 Å². The van der Waals surface area contributed by atoms with Crippen molar-refractivity contribution >= 4 is 28.7 Å². The van der Waals surface area contributed by atoms with Gasteiger partial charge >= 0.3 is 5.97 Å². The number of aliphatic carboxylic acids is 1. The molecule has 0 amide bonds. The number of rotatable bonds is 6. The monoisotopic (exact) mass is 489 g/mol. The number of hydrogen-bond acceptors (Lipinski definition) is 6. The summed E-state index contributed by atoms with van der Waals surface area (Å²) in [6.45, 7) is 6.58. The Kier molecular flexibility index (Phi) is 5.94. The van der Waals surface area contributed by atoms with Crippen LogP contribution in [-0.2, 0) is 11.3 Å². The average Bonchev–Trinajstić information content (AvgIpc) is 3.31. The Labute approximate surface area is 206 Å². The Hall–Kier alpha value is -3.85. The third-order valence-electron chi connectivity index (χ3n) is 6.18. The quantitative estimate of drug-likeness (QED) is 0.380. The molecule has 4 aromatic rings. The predicted octanol–water partition coefficient (Wildman–Crippen LogP) is 5.37. The van der Waals surface area contributed by atoms with Gasteiger partial charge in [0.05, 0.1) is 12.1 Å². The average molecular weight is 490 g/mol. The Bertz CT molecular complexity index is 1440. The molecule has 5 rings (SSSR count). The predicted molar refractivity (Wildman–Crippen MR) is 134 cm³/mol. The van der Waals surface area contributed by atoms with Crippen molar-refractivity contribution < 1.29 is 14.3 Å². The van der Waals surface area contributed by atoms with Crippen molar-refractivity contribution in [1.29, 1.82) is 0 Å². The number of nitrogens with zero attached hydrogens (tertiary/aromatic N) is 4. The van der Waals surface area contributed by atoms with E-state index in [1.807, 2.05) is 35.8 Å². The summed E-state index contributed by atoms with van der Waals surface area (Å²) in [4.78, 5) is 17.8. The van der Waals surface area contributed by atoms with Crippen molar-refractivity contribution in [3.63, 3.8) is 0 Å². The molecule has 1 aliphatic heterocycles. The lowest BCUT2D eigenvalue weighted by Gasteiger charge is -2.12. The van der Waals surface area contributed by atoms with Crippen LogP contribution in [-0.4, -0.2) is 31.6 Å². The second-order valence-corrected chi connectivity index (χ2v) is 9.76. The molecule has 7 nitrogen and oxygen atoms in total. The Morgan fingerprint density at radius 3 is 2.49 bits per heavy atom. The van der Waals surface area contributed by atoms with E-state index in [2.05, 4.69) is 29.4 Å². The Balaban J connectivity index is 1.53. The number of fused-ring (bicyclic) bond motifs is 3. The van der Waals surface area contributed by atoms with Gasteiger partial charge in [0, 0.05) is 28.2 Å². The number of aromatic nitrogens is 3. The van der Waals surface area contributed by atoms with Crippen LogP contribution in [0, 0.1) is 26.6 Å². The lowest BCUT2D eigenvalue weighted by Crippen LogP contribution is -2.10. The normalized spacial score (nSPS) is 14.6. The highest BCUT2D eigenvalue weighted by Crippen LogP contribution is 2.39. The van der Waals surface area contributed by atoms with E-state index in [9.17, 15) is 14.3 Å². The van der Waals surface area contributed by atoms with E-state index < -0.39 is 12.0 Å². The van der Waals surface area contributed by atoms with Gasteiger partial charge in [-0.25, -0.2) is 4.39 Å². The Morgan fingerprint density at radius 2 is 1.80 bits per heavy atom. The fourth-order valence-corrected chi connectivity index (χ4v) is 5.46. The van der Waals surface area contributed by atoms with Crippen molar-refractivity contribution in [2.75, 3.05) is 5.32 Å². The molecule has 3 heterocycles. The molecule has 2 N–H and O–H groups in total. The lowest BCUT2D eigenvalue weighted by atomic mass is 9.99. The molecule has 178 valence electrons. The van der Waals surface area contributed by atoms with Crippen molar-refractivity contribution in [2.45, 2.75) is 39.8 Å². The number of nitrogens with one attached hydrogen (secondary N) is 1. The lowest BCUT2D eigenvalue weighted by molar-refractivity contribution is -0.137. The van der Waals surface area contributed by atoms with Gasteiger partial charge < -0.3 is 10.4 Å². The summed E-state index contributed by atoms with van der Waals surface area (Å²) in [5.74, 6) is 0.0492. The maximum Gasteiger partial charge on any atom is 0.306 e. The highest BCUT2D eigenvalue weighted by molar-refractivity contribution is 7.15. The number of thiophene rings is 1. The number of carboxylic acids is 1. The van der Waals surface area contributed by atoms with Gasteiger partial charge in [0.25, 0.3) is 0 Å². The molecule has 35 heavy (non-hydrogen) atoms. The summed E-state index contributed by atoms with van der Waals surface area (Å²) in [7, 11) is 0. The molecular weight excluding hydrogens is 465 g/mol. The van der Waals surface area contributed by atoms with Gasteiger partial charge in [-0.2, -0.15) is 0 Å². The number of anilines is 1. The fraction of sp³-hybridized carbons (Fsp3) is 0.231. The van der Waals surface area contributed by atoms with Gasteiger partial charge in [-0.3, -0.25) is 14.4 Å². The van der Waals surface area contributed by atoms with Crippen molar-refractivity contribution in [3.8, 4) is 5.00 Å². The van der Waals surface area contributed by atoms with E-state index in [0.29, 0.717) is 18.2 Å². The summed E-state index contributed by atoms with van der Waals surface area (Å²) in [6.07, 6.45) is -0.175. The van der Waals surface area contributed by atoms with Crippen LogP contribution in [0.3, 0.4) is 0 Å². The third kappa shape index (κ3) is 4.35. The molecule has 2 aromatic carbocycles. The molecule has 0 bridgehead atoms. The number of benzene rings is 2. The maximum atomic E-state index is 13.1. The van der Waals surface area contributed by atoms with Crippen LogP contribution in [0.4, 0.5) is 10.1 Å². The van der Waals surface area contributed by atoms with Crippen LogP contribution in [0.2, 0.25) is 0 Å². The molecule has 1 aliphatic rings. The summed E-state index contributed by atoms with van der Waals surface area (Å²) < 4.78 is 15.1.